The number of amides is 2. The molecule has 3 aromatic heterocycles. The lowest BCUT2D eigenvalue weighted by atomic mass is 10.2. The quantitative estimate of drug-likeness (QED) is 0.504. The first-order valence-corrected chi connectivity index (χ1v) is 8.77. The van der Waals surface area contributed by atoms with Crippen LogP contribution < -0.4 is 16.4 Å². The Morgan fingerprint density at radius 1 is 1.12 bits per heavy atom. The number of thiophene rings is 1. The lowest BCUT2D eigenvalue weighted by Crippen LogP contribution is -2.19. The van der Waals surface area contributed by atoms with Gasteiger partial charge in [-0.05, 0) is 41.3 Å². The minimum atomic E-state index is -0.580. The first-order valence-electron chi connectivity index (χ1n) is 7.83. The Hall–Kier alpha value is -3.46. The van der Waals surface area contributed by atoms with E-state index in [9.17, 15) is 4.79 Å². The van der Waals surface area contributed by atoms with Crippen molar-refractivity contribution >= 4 is 34.5 Å². The number of aromatic nitrogens is 4. The van der Waals surface area contributed by atoms with Crippen molar-refractivity contribution in [1.29, 1.82) is 0 Å². The smallest absolute Gasteiger partial charge is 0.316 e. The second-order valence-electron chi connectivity index (χ2n) is 5.56. The van der Waals surface area contributed by atoms with E-state index in [0.29, 0.717) is 29.5 Å². The summed E-state index contributed by atoms with van der Waals surface area (Å²) in [7, 11) is 0. The number of nitrogens with one attached hydrogen (secondary N) is 2. The summed E-state index contributed by atoms with van der Waals surface area (Å²) in [5, 5.41) is 22.8. The average molecular weight is 365 g/mol. The zero-order valence-electron chi connectivity index (χ0n) is 13.6. The Labute approximate surface area is 152 Å². The molecule has 4 aromatic rings. The number of carbonyl (C=O) groups excluding carboxylic acids is 1. The molecule has 0 saturated carbocycles. The summed E-state index contributed by atoms with van der Waals surface area (Å²) >= 11 is 1.60. The molecule has 4 N–H and O–H groups in total. The Morgan fingerprint density at radius 3 is 2.69 bits per heavy atom. The molecule has 4 rings (SSSR count). The van der Waals surface area contributed by atoms with Crippen LogP contribution in [0.4, 0.5) is 16.3 Å². The number of urea groups is 1. The van der Waals surface area contributed by atoms with E-state index in [-0.39, 0.29) is 0 Å². The van der Waals surface area contributed by atoms with E-state index in [1.54, 1.807) is 28.0 Å². The first-order chi connectivity index (χ1) is 12.7. The molecular weight excluding hydrogens is 350 g/mol. The molecular formula is C17H15N7OS. The number of anilines is 2. The SMILES string of the molecule is NC(=O)Nc1ccc(CNc2ccc3nnc(-c4ccsc4)n3n2)cc1. The summed E-state index contributed by atoms with van der Waals surface area (Å²) in [6, 6.07) is 12.6. The van der Waals surface area contributed by atoms with E-state index >= 15 is 0 Å². The summed E-state index contributed by atoms with van der Waals surface area (Å²) < 4.78 is 1.73. The number of benzene rings is 1. The molecule has 0 saturated heterocycles. The van der Waals surface area contributed by atoms with Crippen molar-refractivity contribution in [1.82, 2.24) is 19.8 Å². The van der Waals surface area contributed by atoms with Crippen molar-refractivity contribution in [2.75, 3.05) is 10.6 Å². The largest absolute Gasteiger partial charge is 0.365 e. The number of nitrogens with two attached hydrogens (primary N) is 1. The van der Waals surface area contributed by atoms with Crippen molar-refractivity contribution in [3.05, 3.63) is 58.8 Å². The van der Waals surface area contributed by atoms with Crippen molar-refractivity contribution < 1.29 is 4.79 Å². The highest BCUT2D eigenvalue weighted by molar-refractivity contribution is 7.08. The Balaban J connectivity index is 1.50. The molecule has 1 aromatic carbocycles. The monoisotopic (exact) mass is 365 g/mol. The van der Waals surface area contributed by atoms with Gasteiger partial charge in [-0.25, -0.2) is 4.79 Å². The van der Waals surface area contributed by atoms with E-state index in [4.69, 9.17) is 5.73 Å². The van der Waals surface area contributed by atoms with Gasteiger partial charge in [-0.2, -0.15) is 15.9 Å². The minimum Gasteiger partial charge on any atom is -0.365 e. The van der Waals surface area contributed by atoms with Gasteiger partial charge in [0.05, 0.1) is 0 Å². The van der Waals surface area contributed by atoms with Gasteiger partial charge in [0, 0.05) is 23.2 Å². The molecule has 0 aliphatic carbocycles. The summed E-state index contributed by atoms with van der Waals surface area (Å²) in [6.07, 6.45) is 0. The number of fused-ring (bicyclic) bond motifs is 1. The second-order valence-corrected chi connectivity index (χ2v) is 6.34. The maximum Gasteiger partial charge on any atom is 0.316 e. The van der Waals surface area contributed by atoms with E-state index in [1.807, 2.05) is 41.1 Å². The second kappa shape index (κ2) is 6.81. The molecule has 0 fully saturated rings. The van der Waals surface area contributed by atoms with E-state index < -0.39 is 6.03 Å². The molecule has 0 unspecified atom stereocenters. The zero-order chi connectivity index (χ0) is 17.9. The third-order valence-corrected chi connectivity index (χ3v) is 4.42. The highest BCUT2D eigenvalue weighted by Gasteiger charge is 2.10. The van der Waals surface area contributed by atoms with Gasteiger partial charge in [-0.1, -0.05) is 12.1 Å². The van der Waals surface area contributed by atoms with Gasteiger partial charge in [0.25, 0.3) is 0 Å². The maximum absolute atomic E-state index is 10.8. The van der Waals surface area contributed by atoms with Crippen LogP contribution in [0.2, 0.25) is 0 Å². The third kappa shape index (κ3) is 3.33. The molecule has 130 valence electrons. The van der Waals surface area contributed by atoms with E-state index in [0.717, 1.165) is 11.1 Å². The summed E-state index contributed by atoms with van der Waals surface area (Å²) in [6.45, 7) is 0.589. The van der Waals surface area contributed by atoms with Crippen LogP contribution in [0.25, 0.3) is 17.0 Å². The van der Waals surface area contributed by atoms with Crippen LogP contribution in [0.5, 0.6) is 0 Å². The van der Waals surface area contributed by atoms with Gasteiger partial charge in [-0.15, -0.1) is 15.3 Å². The van der Waals surface area contributed by atoms with Gasteiger partial charge in [0.15, 0.2) is 11.5 Å². The fraction of sp³-hybridized carbons (Fsp3) is 0.0588. The fourth-order valence-electron chi connectivity index (χ4n) is 2.50. The molecule has 9 heteroatoms. The topological polar surface area (TPSA) is 110 Å². The van der Waals surface area contributed by atoms with E-state index in [2.05, 4.69) is 25.9 Å². The lowest BCUT2D eigenvalue weighted by molar-refractivity contribution is 0.259. The number of hydrogen-bond donors (Lipinski definition) is 3. The Morgan fingerprint density at radius 2 is 1.96 bits per heavy atom. The highest BCUT2D eigenvalue weighted by atomic mass is 32.1. The zero-order valence-corrected chi connectivity index (χ0v) is 14.4. The van der Waals surface area contributed by atoms with Crippen molar-refractivity contribution in [2.45, 2.75) is 6.54 Å². The Bertz CT molecular complexity index is 1040. The van der Waals surface area contributed by atoms with Crippen LogP contribution in [-0.2, 0) is 6.54 Å². The van der Waals surface area contributed by atoms with Crippen LogP contribution in [-0.4, -0.2) is 25.8 Å². The predicted molar refractivity (Wildman–Crippen MR) is 101 cm³/mol. The highest BCUT2D eigenvalue weighted by Crippen LogP contribution is 2.21. The van der Waals surface area contributed by atoms with Crippen molar-refractivity contribution in [3.63, 3.8) is 0 Å². The molecule has 26 heavy (non-hydrogen) atoms. The predicted octanol–water partition coefficient (Wildman–Crippen LogP) is 2.96. The van der Waals surface area contributed by atoms with Crippen LogP contribution in [0, 0.1) is 0 Å². The third-order valence-electron chi connectivity index (χ3n) is 3.74. The van der Waals surface area contributed by atoms with Crippen LogP contribution in [0.3, 0.4) is 0 Å². The number of carbonyl (C=O) groups is 1. The number of primary amides is 1. The molecule has 8 nitrogen and oxygen atoms in total. The molecule has 2 amide bonds. The Kier molecular flexibility index (Phi) is 4.20. The molecule has 0 bridgehead atoms. The summed E-state index contributed by atoms with van der Waals surface area (Å²) in [5.41, 5.74) is 8.49. The number of hydrogen-bond acceptors (Lipinski definition) is 6. The summed E-state index contributed by atoms with van der Waals surface area (Å²) in [5.74, 6) is 1.43. The van der Waals surface area contributed by atoms with Gasteiger partial charge in [-0.3, -0.25) is 0 Å². The lowest BCUT2D eigenvalue weighted by Gasteiger charge is -2.07. The maximum atomic E-state index is 10.8. The normalized spacial score (nSPS) is 10.8. The standard InChI is InChI=1S/C17H15N7OS/c18-17(25)20-13-3-1-11(2-4-13)9-19-14-5-6-15-21-22-16(24(15)23-14)12-7-8-26-10-12/h1-8,10H,9H2,(H,19,23)(H3,18,20,25). The first kappa shape index (κ1) is 16.0. The van der Waals surface area contributed by atoms with Gasteiger partial charge in [0.2, 0.25) is 0 Å². The number of rotatable bonds is 5. The van der Waals surface area contributed by atoms with Gasteiger partial charge < -0.3 is 16.4 Å². The van der Waals surface area contributed by atoms with Crippen LogP contribution in [0.15, 0.2) is 53.2 Å². The van der Waals surface area contributed by atoms with Gasteiger partial charge >= 0.3 is 6.03 Å². The molecule has 0 atom stereocenters. The number of nitrogens with zero attached hydrogens (tertiary/aromatic N) is 4. The molecule has 0 aliphatic rings. The molecule has 0 aliphatic heterocycles. The summed E-state index contributed by atoms with van der Waals surface area (Å²) in [4.78, 5) is 10.8. The molecule has 0 radical (unpaired) electrons. The molecule has 0 spiro atoms. The molecule has 3 heterocycles. The fourth-order valence-corrected chi connectivity index (χ4v) is 3.13. The van der Waals surface area contributed by atoms with Crippen LogP contribution in [0.1, 0.15) is 5.56 Å². The van der Waals surface area contributed by atoms with E-state index in [1.165, 1.54) is 0 Å². The van der Waals surface area contributed by atoms with Gasteiger partial charge in [0.1, 0.15) is 5.82 Å². The minimum absolute atomic E-state index is 0.580. The van der Waals surface area contributed by atoms with Crippen LogP contribution >= 0.6 is 11.3 Å². The van der Waals surface area contributed by atoms with Crippen molar-refractivity contribution in [2.24, 2.45) is 5.73 Å². The van der Waals surface area contributed by atoms with Crippen molar-refractivity contribution in [3.8, 4) is 11.4 Å². The average Bonchev–Trinajstić information content (AvgIpc) is 3.29.